The van der Waals surface area contributed by atoms with Gasteiger partial charge in [-0.05, 0) is 25.0 Å². The molecular weight excluding hydrogens is 280 g/mol. The molecule has 1 aromatic carbocycles. The largest absolute Gasteiger partial charge is 0.370 e. The molecule has 2 aliphatic rings. The fourth-order valence-corrected chi connectivity index (χ4v) is 3.21. The van der Waals surface area contributed by atoms with Crippen LogP contribution in [0.2, 0.25) is 0 Å². The topological polar surface area (TPSA) is 46.6 Å². The van der Waals surface area contributed by atoms with Gasteiger partial charge in [0.05, 0.1) is 37.9 Å². The minimum atomic E-state index is -0.146. The molecular formula is C17H23N2O3+. The third-order valence-corrected chi connectivity index (χ3v) is 4.76. The number of nitrogens with zero attached hydrogens (tertiary/aromatic N) is 2. The van der Waals surface area contributed by atoms with Gasteiger partial charge in [0.2, 0.25) is 0 Å². The maximum atomic E-state index is 12.3. The van der Waals surface area contributed by atoms with Gasteiger partial charge in [-0.2, -0.15) is 0 Å². The number of hydrogen-bond acceptors (Lipinski definition) is 3. The molecule has 0 radical (unpaired) electrons. The SMILES string of the molecule is C[N+]1(CCCCN2C(=O)c3ccccc3C2=O)CCOCC1. The van der Waals surface area contributed by atoms with Crippen LogP contribution in [-0.2, 0) is 4.74 Å². The van der Waals surface area contributed by atoms with Crippen molar-refractivity contribution < 1.29 is 18.8 Å². The van der Waals surface area contributed by atoms with Crippen molar-refractivity contribution >= 4 is 11.8 Å². The Balaban J connectivity index is 1.51. The Bertz CT molecular complexity index is 544. The fraction of sp³-hybridized carbons (Fsp3) is 0.529. The second kappa shape index (κ2) is 6.18. The highest BCUT2D eigenvalue weighted by molar-refractivity contribution is 6.21. The molecule has 1 saturated heterocycles. The number of ether oxygens (including phenoxy) is 1. The van der Waals surface area contributed by atoms with Crippen molar-refractivity contribution in [3.63, 3.8) is 0 Å². The summed E-state index contributed by atoms with van der Waals surface area (Å²) >= 11 is 0. The van der Waals surface area contributed by atoms with Crippen LogP contribution in [0.25, 0.3) is 0 Å². The number of carbonyl (C=O) groups excluding carboxylic acids is 2. The highest BCUT2D eigenvalue weighted by Crippen LogP contribution is 2.22. The first-order chi connectivity index (χ1) is 10.6. The van der Waals surface area contributed by atoms with Crippen LogP contribution < -0.4 is 0 Å². The summed E-state index contributed by atoms with van der Waals surface area (Å²) in [6.07, 6.45) is 1.88. The van der Waals surface area contributed by atoms with E-state index >= 15 is 0 Å². The molecule has 5 nitrogen and oxygen atoms in total. The zero-order valence-corrected chi connectivity index (χ0v) is 13.1. The number of quaternary nitrogens is 1. The summed E-state index contributed by atoms with van der Waals surface area (Å²) in [7, 11) is 2.25. The smallest absolute Gasteiger partial charge is 0.261 e. The monoisotopic (exact) mass is 303 g/mol. The number of carbonyl (C=O) groups is 2. The van der Waals surface area contributed by atoms with Gasteiger partial charge in [-0.15, -0.1) is 0 Å². The lowest BCUT2D eigenvalue weighted by Gasteiger charge is -2.37. The summed E-state index contributed by atoms with van der Waals surface area (Å²) in [6.45, 7) is 5.35. The van der Waals surface area contributed by atoms with E-state index in [2.05, 4.69) is 7.05 Å². The first-order valence-electron chi connectivity index (χ1n) is 7.97. The normalized spacial score (nSPS) is 20.3. The van der Waals surface area contributed by atoms with Crippen molar-refractivity contribution in [2.24, 2.45) is 0 Å². The van der Waals surface area contributed by atoms with Crippen molar-refractivity contribution in [3.8, 4) is 0 Å². The summed E-state index contributed by atoms with van der Waals surface area (Å²) in [5.74, 6) is -0.292. The zero-order chi connectivity index (χ0) is 15.6. The van der Waals surface area contributed by atoms with Gasteiger partial charge in [0.15, 0.2) is 0 Å². The molecule has 22 heavy (non-hydrogen) atoms. The third kappa shape index (κ3) is 2.91. The van der Waals surface area contributed by atoms with Crippen molar-refractivity contribution in [2.75, 3.05) is 46.4 Å². The molecule has 0 aromatic heterocycles. The molecule has 0 aliphatic carbocycles. The van der Waals surface area contributed by atoms with Crippen LogP contribution in [0, 0.1) is 0 Å². The number of fused-ring (bicyclic) bond motifs is 1. The molecule has 2 amide bonds. The first-order valence-corrected chi connectivity index (χ1v) is 7.97. The van der Waals surface area contributed by atoms with E-state index in [1.165, 1.54) is 4.90 Å². The Labute approximate surface area is 131 Å². The Morgan fingerprint density at radius 3 is 2.23 bits per heavy atom. The van der Waals surface area contributed by atoms with Crippen LogP contribution in [0.15, 0.2) is 24.3 Å². The van der Waals surface area contributed by atoms with E-state index in [0.717, 1.165) is 50.2 Å². The number of morpholine rings is 1. The van der Waals surface area contributed by atoms with Gasteiger partial charge in [0.1, 0.15) is 13.1 Å². The lowest BCUT2D eigenvalue weighted by atomic mass is 10.1. The Kier molecular flexibility index (Phi) is 4.27. The summed E-state index contributed by atoms with van der Waals surface area (Å²) < 4.78 is 6.43. The predicted molar refractivity (Wildman–Crippen MR) is 82.6 cm³/mol. The number of imide groups is 1. The maximum Gasteiger partial charge on any atom is 0.261 e. The number of amides is 2. The van der Waals surface area contributed by atoms with Crippen LogP contribution in [-0.4, -0.2) is 67.6 Å². The quantitative estimate of drug-likeness (QED) is 0.471. The standard InChI is InChI=1S/C17H23N2O3/c1-19(10-12-22-13-11-19)9-5-4-8-18-16(20)14-6-2-3-7-15(14)17(18)21/h2-3,6-7H,4-5,8-13H2,1H3/q+1. The van der Waals surface area contributed by atoms with E-state index in [4.69, 9.17) is 4.74 Å². The van der Waals surface area contributed by atoms with Gasteiger partial charge in [0.25, 0.3) is 11.8 Å². The number of unbranched alkanes of at least 4 members (excludes halogenated alkanes) is 1. The summed E-state index contributed by atoms with van der Waals surface area (Å²) in [5.41, 5.74) is 1.08. The van der Waals surface area contributed by atoms with Crippen LogP contribution in [0.4, 0.5) is 0 Å². The van der Waals surface area contributed by atoms with Gasteiger partial charge in [-0.25, -0.2) is 0 Å². The maximum absolute atomic E-state index is 12.3. The molecule has 0 N–H and O–H groups in total. The number of hydrogen-bond donors (Lipinski definition) is 0. The van der Waals surface area contributed by atoms with E-state index < -0.39 is 0 Å². The molecule has 0 atom stereocenters. The number of benzene rings is 1. The van der Waals surface area contributed by atoms with E-state index in [1.54, 1.807) is 24.3 Å². The van der Waals surface area contributed by atoms with Crippen molar-refractivity contribution in [1.82, 2.24) is 4.90 Å². The molecule has 118 valence electrons. The fourth-order valence-electron chi connectivity index (χ4n) is 3.21. The second-order valence-electron chi connectivity index (χ2n) is 6.42. The lowest BCUT2D eigenvalue weighted by molar-refractivity contribution is -0.917. The molecule has 3 rings (SSSR count). The zero-order valence-electron chi connectivity index (χ0n) is 13.1. The van der Waals surface area contributed by atoms with Crippen LogP contribution >= 0.6 is 0 Å². The molecule has 0 bridgehead atoms. The molecule has 2 aliphatic heterocycles. The number of likely N-dealkylation sites (N-methyl/N-ethyl adjacent to an activating group) is 1. The molecule has 0 unspecified atom stereocenters. The average Bonchev–Trinajstić information content (AvgIpc) is 2.77. The summed E-state index contributed by atoms with van der Waals surface area (Å²) in [4.78, 5) is 25.9. The average molecular weight is 303 g/mol. The summed E-state index contributed by atoms with van der Waals surface area (Å²) in [5, 5.41) is 0. The van der Waals surface area contributed by atoms with Crippen LogP contribution in [0.1, 0.15) is 33.6 Å². The molecule has 2 heterocycles. The molecule has 0 spiro atoms. The van der Waals surface area contributed by atoms with E-state index in [0.29, 0.717) is 17.7 Å². The molecule has 5 heteroatoms. The van der Waals surface area contributed by atoms with Crippen LogP contribution in [0.3, 0.4) is 0 Å². The van der Waals surface area contributed by atoms with E-state index in [9.17, 15) is 9.59 Å². The van der Waals surface area contributed by atoms with Gasteiger partial charge in [-0.3, -0.25) is 14.5 Å². The minimum Gasteiger partial charge on any atom is -0.370 e. The van der Waals surface area contributed by atoms with Gasteiger partial charge < -0.3 is 9.22 Å². The van der Waals surface area contributed by atoms with Crippen LogP contribution in [0.5, 0.6) is 0 Å². The predicted octanol–water partition coefficient (Wildman–Crippen LogP) is 1.54. The molecule has 0 saturated carbocycles. The van der Waals surface area contributed by atoms with E-state index in [-0.39, 0.29) is 11.8 Å². The Morgan fingerprint density at radius 2 is 1.64 bits per heavy atom. The minimum absolute atomic E-state index is 0.146. The Morgan fingerprint density at radius 1 is 1.05 bits per heavy atom. The number of rotatable bonds is 5. The Hall–Kier alpha value is -1.72. The summed E-state index contributed by atoms with van der Waals surface area (Å²) in [6, 6.07) is 7.07. The van der Waals surface area contributed by atoms with Crippen molar-refractivity contribution in [1.29, 1.82) is 0 Å². The first kappa shape index (κ1) is 15.2. The van der Waals surface area contributed by atoms with Gasteiger partial charge in [-0.1, -0.05) is 12.1 Å². The third-order valence-electron chi connectivity index (χ3n) is 4.76. The van der Waals surface area contributed by atoms with Gasteiger partial charge >= 0.3 is 0 Å². The lowest BCUT2D eigenvalue weighted by Crippen LogP contribution is -2.52. The van der Waals surface area contributed by atoms with Crippen molar-refractivity contribution in [2.45, 2.75) is 12.8 Å². The molecule has 1 fully saturated rings. The molecule has 1 aromatic rings. The second-order valence-corrected chi connectivity index (χ2v) is 6.42. The highest BCUT2D eigenvalue weighted by Gasteiger charge is 2.34. The highest BCUT2D eigenvalue weighted by atomic mass is 16.5. The van der Waals surface area contributed by atoms with Gasteiger partial charge in [0, 0.05) is 6.54 Å². The van der Waals surface area contributed by atoms with Crippen molar-refractivity contribution in [3.05, 3.63) is 35.4 Å². The van der Waals surface area contributed by atoms with E-state index in [1.807, 2.05) is 0 Å².